The number of hydrogen-bond donors (Lipinski definition) is 0. The van der Waals surface area contributed by atoms with Crippen LogP contribution in [0.5, 0.6) is 0 Å². The highest BCUT2D eigenvalue weighted by atomic mass is 16.5. The van der Waals surface area contributed by atoms with Gasteiger partial charge in [0, 0.05) is 11.6 Å². The van der Waals surface area contributed by atoms with Crippen molar-refractivity contribution in [2.75, 3.05) is 6.61 Å². The van der Waals surface area contributed by atoms with Crippen LogP contribution >= 0.6 is 0 Å². The standard InChI is InChI=1S/C14H18O2/c1-5-16-7-6-13(15)14-11(3)8-10(2)9-12(14)4/h6-9H,5H2,1-4H3. The summed E-state index contributed by atoms with van der Waals surface area (Å²) in [6, 6.07) is 4.05. The average Bonchev–Trinajstić information content (AvgIpc) is 2.16. The first-order valence-corrected chi connectivity index (χ1v) is 5.46. The summed E-state index contributed by atoms with van der Waals surface area (Å²) in [6.45, 7) is 8.42. The van der Waals surface area contributed by atoms with Gasteiger partial charge in [-0.25, -0.2) is 0 Å². The Morgan fingerprint density at radius 3 is 2.31 bits per heavy atom. The number of aryl methyl sites for hydroxylation is 3. The smallest absolute Gasteiger partial charge is 0.189 e. The van der Waals surface area contributed by atoms with Gasteiger partial charge < -0.3 is 4.74 Å². The van der Waals surface area contributed by atoms with E-state index >= 15 is 0 Å². The zero-order chi connectivity index (χ0) is 12.1. The fourth-order valence-electron chi connectivity index (χ4n) is 1.86. The molecule has 2 nitrogen and oxygen atoms in total. The Balaban J connectivity index is 3.00. The Labute approximate surface area is 96.9 Å². The second-order valence-electron chi connectivity index (χ2n) is 3.90. The number of rotatable bonds is 4. The van der Waals surface area contributed by atoms with Crippen LogP contribution < -0.4 is 0 Å². The van der Waals surface area contributed by atoms with Gasteiger partial charge in [0.15, 0.2) is 5.78 Å². The third kappa shape index (κ3) is 2.96. The molecule has 2 heteroatoms. The van der Waals surface area contributed by atoms with Crippen molar-refractivity contribution in [1.29, 1.82) is 0 Å². The van der Waals surface area contributed by atoms with Gasteiger partial charge in [-0.1, -0.05) is 17.7 Å². The fraction of sp³-hybridized carbons (Fsp3) is 0.357. The number of allylic oxidation sites excluding steroid dienone is 1. The van der Waals surface area contributed by atoms with E-state index in [-0.39, 0.29) is 5.78 Å². The van der Waals surface area contributed by atoms with Crippen LogP contribution in [0.4, 0.5) is 0 Å². The minimum absolute atomic E-state index is 0.00319. The number of carbonyl (C=O) groups excluding carboxylic acids is 1. The summed E-state index contributed by atoms with van der Waals surface area (Å²) < 4.78 is 5.03. The van der Waals surface area contributed by atoms with Crippen LogP contribution in [0.2, 0.25) is 0 Å². The SMILES string of the molecule is CCOC=CC(=O)c1c(C)cc(C)cc1C. The third-order valence-electron chi connectivity index (χ3n) is 2.41. The summed E-state index contributed by atoms with van der Waals surface area (Å²) in [5.41, 5.74) is 3.99. The lowest BCUT2D eigenvalue weighted by atomic mass is 9.97. The highest BCUT2D eigenvalue weighted by molar-refractivity contribution is 6.06. The van der Waals surface area contributed by atoms with E-state index in [4.69, 9.17) is 4.74 Å². The second-order valence-corrected chi connectivity index (χ2v) is 3.90. The van der Waals surface area contributed by atoms with Crippen LogP contribution in [0, 0.1) is 20.8 Å². The van der Waals surface area contributed by atoms with E-state index in [9.17, 15) is 4.79 Å². The summed E-state index contributed by atoms with van der Waals surface area (Å²) in [4.78, 5) is 11.9. The van der Waals surface area contributed by atoms with Crippen molar-refractivity contribution in [2.24, 2.45) is 0 Å². The molecule has 1 aromatic carbocycles. The molecular formula is C14H18O2. The first-order valence-electron chi connectivity index (χ1n) is 5.46. The van der Waals surface area contributed by atoms with E-state index in [1.807, 2.05) is 39.8 Å². The zero-order valence-corrected chi connectivity index (χ0v) is 10.3. The minimum Gasteiger partial charge on any atom is -0.501 e. The van der Waals surface area contributed by atoms with E-state index in [0.29, 0.717) is 6.61 Å². The quantitative estimate of drug-likeness (QED) is 0.440. The largest absolute Gasteiger partial charge is 0.501 e. The van der Waals surface area contributed by atoms with Gasteiger partial charge in [-0.15, -0.1) is 0 Å². The molecule has 0 aliphatic rings. The van der Waals surface area contributed by atoms with Gasteiger partial charge in [-0.2, -0.15) is 0 Å². The van der Waals surface area contributed by atoms with Gasteiger partial charge in [0.25, 0.3) is 0 Å². The van der Waals surface area contributed by atoms with Crippen LogP contribution in [0.15, 0.2) is 24.5 Å². The van der Waals surface area contributed by atoms with E-state index in [1.165, 1.54) is 17.9 Å². The summed E-state index contributed by atoms with van der Waals surface area (Å²) in [5.74, 6) is 0.00319. The van der Waals surface area contributed by atoms with Gasteiger partial charge in [0.1, 0.15) is 0 Å². The molecule has 0 atom stereocenters. The fourth-order valence-corrected chi connectivity index (χ4v) is 1.86. The molecule has 0 bridgehead atoms. The van der Waals surface area contributed by atoms with Crippen molar-refractivity contribution >= 4 is 5.78 Å². The number of ketones is 1. The molecule has 0 spiro atoms. The molecule has 0 aromatic heterocycles. The Bertz CT molecular complexity index is 394. The Kier molecular flexibility index (Phi) is 4.29. The molecule has 0 unspecified atom stereocenters. The second kappa shape index (κ2) is 5.50. The Morgan fingerprint density at radius 1 is 1.25 bits per heavy atom. The monoisotopic (exact) mass is 218 g/mol. The van der Waals surface area contributed by atoms with E-state index in [1.54, 1.807) is 0 Å². The molecule has 0 radical (unpaired) electrons. The maximum atomic E-state index is 11.9. The van der Waals surface area contributed by atoms with Gasteiger partial charge in [0.05, 0.1) is 12.9 Å². The lowest BCUT2D eigenvalue weighted by Crippen LogP contribution is -2.02. The Morgan fingerprint density at radius 2 is 1.81 bits per heavy atom. The van der Waals surface area contributed by atoms with Crippen LogP contribution in [0.25, 0.3) is 0 Å². The summed E-state index contributed by atoms with van der Waals surface area (Å²) >= 11 is 0. The average molecular weight is 218 g/mol. The van der Waals surface area contributed by atoms with Crippen LogP contribution in [-0.4, -0.2) is 12.4 Å². The molecule has 1 rings (SSSR count). The lowest BCUT2D eigenvalue weighted by molar-refractivity contribution is 0.104. The highest BCUT2D eigenvalue weighted by Gasteiger charge is 2.09. The molecule has 16 heavy (non-hydrogen) atoms. The molecular weight excluding hydrogens is 200 g/mol. The summed E-state index contributed by atoms with van der Waals surface area (Å²) in [6.07, 6.45) is 2.94. The van der Waals surface area contributed by atoms with Crippen molar-refractivity contribution in [1.82, 2.24) is 0 Å². The zero-order valence-electron chi connectivity index (χ0n) is 10.3. The highest BCUT2D eigenvalue weighted by Crippen LogP contribution is 2.17. The first kappa shape index (κ1) is 12.5. The Hall–Kier alpha value is -1.57. The predicted molar refractivity (Wildman–Crippen MR) is 65.7 cm³/mol. The van der Waals surface area contributed by atoms with E-state index < -0.39 is 0 Å². The molecule has 0 saturated carbocycles. The van der Waals surface area contributed by atoms with Crippen molar-refractivity contribution in [2.45, 2.75) is 27.7 Å². The molecule has 0 amide bonds. The molecule has 86 valence electrons. The topological polar surface area (TPSA) is 26.3 Å². The number of hydrogen-bond acceptors (Lipinski definition) is 2. The molecule has 0 aliphatic heterocycles. The van der Waals surface area contributed by atoms with Gasteiger partial charge in [0.2, 0.25) is 0 Å². The first-order chi connectivity index (χ1) is 7.56. The molecule has 0 aliphatic carbocycles. The van der Waals surface area contributed by atoms with Crippen LogP contribution in [-0.2, 0) is 4.74 Å². The molecule has 1 aromatic rings. The van der Waals surface area contributed by atoms with Crippen molar-refractivity contribution in [3.05, 3.63) is 46.7 Å². The van der Waals surface area contributed by atoms with Crippen molar-refractivity contribution in [3.63, 3.8) is 0 Å². The maximum absolute atomic E-state index is 11.9. The number of ether oxygens (including phenoxy) is 1. The van der Waals surface area contributed by atoms with Crippen molar-refractivity contribution < 1.29 is 9.53 Å². The normalized spacial score (nSPS) is 10.8. The maximum Gasteiger partial charge on any atom is 0.189 e. The number of benzene rings is 1. The van der Waals surface area contributed by atoms with Gasteiger partial charge in [-0.05, 0) is 38.8 Å². The van der Waals surface area contributed by atoms with Gasteiger partial charge in [-0.3, -0.25) is 4.79 Å². The van der Waals surface area contributed by atoms with E-state index in [2.05, 4.69) is 0 Å². The summed E-state index contributed by atoms with van der Waals surface area (Å²) in [5, 5.41) is 0. The van der Waals surface area contributed by atoms with Crippen LogP contribution in [0.1, 0.15) is 34.0 Å². The third-order valence-corrected chi connectivity index (χ3v) is 2.41. The van der Waals surface area contributed by atoms with Crippen molar-refractivity contribution in [3.8, 4) is 0 Å². The molecule has 0 fully saturated rings. The predicted octanol–water partition coefficient (Wildman–Crippen LogP) is 3.34. The molecule has 0 heterocycles. The van der Waals surface area contributed by atoms with Crippen LogP contribution in [0.3, 0.4) is 0 Å². The number of carbonyl (C=O) groups is 1. The minimum atomic E-state index is 0.00319. The van der Waals surface area contributed by atoms with Gasteiger partial charge >= 0.3 is 0 Å². The van der Waals surface area contributed by atoms with E-state index in [0.717, 1.165) is 16.7 Å². The molecule has 0 N–H and O–H groups in total. The molecule has 0 saturated heterocycles. The summed E-state index contributed by atoms with van der Waals surface area (Å²) in [7, 11) is 0. The lowest BCUT2D eigenvalue weighted by Gasteiger charge is -2.07.